The highest BCUT2D eigenvalue weighted by Gasteiger charge is 2.35. The van der Waals surface area contributed by atoms with E-state index in [0.717, 1.165) is 12.8 Å². The minimum absolute atomic E-state index is 0.259. The number of rotatable bonds is 3. The number of carbonyl (C=O) groups excluding carboxylic acids is 1. The van der Waals surface area contributed by atoms with Crippen molar-refractivity contribution in [3.8, 4) is 11.5 Å². The van der Waals surface area contributed by atoms with Crippen LogP contribution in [0.3, 0.4) is 0 Å². The molecule has 0 saturated carbocycles. The Morgan fingerprint density at radius 2 is 2.06 bits per heavy atom. The standard InChI is InChI=1S/C13H18N2O3/c1-4-7-13(2)17-10-6-5-9(8-11(10)18-13)15-12(16)14-3/h5-6,8H,4,7H2,1-3H3,(H2,14,15,16). The maximum absolute atomic E-state index is 11.2. The predicted octanol–water partition coefficient (Wildman–Crippen LogP) is 2.73. The van der Waals surface area contributed by atoms with Crippen LogP contribution in [0.2, 0.25) is 0 Å². The maximum atomic E-state index is 11.2. The van der Waals surface area contributed by atoms with Gasteiger partial charge in [-0.2, -0.15) is 0 Å². The molecule has 0 bridgehead atoms. The lowest BCUT2D eigenvalue weighted by atomic mass is 10.2. The van der Waals surface area contributed by atoms with E-state index in [1.165, 1.54) is 0 Å². The number of hydrogen-bond acceptors (Lipinski definition) is 3. The molecule has 2 N–H and O–H groups in total. The Morgan fingerprint density at radius 3 is 2.72 bits per heavy atom. The molecule has 18 heavy (non-hydrogen) atoms. The first kappa shape index (κ1) is 12.5. The summed E-state index contributed by atoms with van der Waals surface area (Å²) in [6, 6.07) is 5.10. The lowest BCUT2D eigenvalue weighted by Gasteiger charge is -2.21. The molecule has 5 heteroatoms. The zero-order chi connectivity index (χ0) is 13.2. The van der Waals surface area contributed by atoms with Crippen LogP contribution in [0.15, 0.2) is 18.2 Å². The molecule has 0 fully saturated rings. The summed E-state index contributed by atoms with van der Waals surface area (Å²) >= 11 is 0. The first-order chi connectivity index (χ1) is 8.56. The molecule has 0 aromatic heterocycles. The highest BCUT2D eigenvalue weighted by Crippen LogP contribution is 2.42. The number of amides is 2. The molecule has 1 heterocycles. The molecule has 2 amide bonds. The van der Waals surface area contributed by atoms with Gasteiger partial charge in [-0.25, -0.2) is 4.79 Å². The quantitative estimate of drug-likeness (QED) is 0.867. The van der Waals surface area contributed by atoms with Gasteiger partial charge in [-0.05, 0) is 18.6 Å². The summed E-state index contributed by atoms with van der Waals surface area (Å²) in [6.07, 6.45) is 1.80. The molecule has 0 radical (unpaired) electrons. The second kappa shape index (κ2) is 4.76. The molecule has 98 valence electrons. The monoisotopic (exact) mass is 250 g/mol. The molecule has 1 aromatic rings. The number of nitrogens with one attached hydrogen (secondary N) is 2. The fourth-order valence-corrected chi connectivity index (χ4v) is 1.99. The summed E-state index contributed by atoms with van der Waals surface area (Å²) in [6.45, 7) is 4.00. The first-order valence-corrected chi connectivity index (χ1v) is 6.07. The lowest BCUT2D eigenvalue weighted by Crippen LogP contribution is -2.34. The van der Waals surface area contributed by atoms with Gasteiger partial charge >= 0.3 is 6.03 Å². The normalized spacial score (nSPS) is 20.6. The Bertz CT molecular complexity index is 462. The third kappa shape index (κ3) is 2.50. The van der Waals surface area contributed by atoms with Crippen LogP contribution < -0.4 is 20.1 Å². The highest BCUT2D eigenvalue weighted by molar-refractivity contribution is 5.89. The average molecular weight is 250 g/mol. The van der Waals surface area contributed by atoms with Gasteiger partial charge in [0, 0.05) is 32.1 Å². The van der Waals surface area contributed by atoms with E-state index in [1.807, 2.05) is 13.0 Å². The van der Waals surface area contributed by atoms with Crippen LogP contribution in [0.1, 0.15) is 26.7 Å². The van der Waals surface area contributed by atoms with Crippen molar-refractivity contribution in [1.82, 2.24) is 5.32 Å². The van der Waals surface area contributed by atoms with Gasteiger partial charge in [0.15, 0.2) is 11.5 Å². The van der Waals surface area contributed by atoms with Crippen LogP contribution in [0.25, 0.3) is 0 Å². The summed E-state index contributed by atoms with van der Waals surface area (Å²) < 4.78 is 11.6. The van der Waals surface area contributed by atoms with Crippen LogP contribution in [0.5, 0.6) is 11.5 Å². The smallest absolute Gasteiger partial charge is 0.318 e. The molecule has 1 aliphatic rings. The minimum atomic E-state index is -0.595. The molecular formula is C13H18N2O3. The van der Waals surface area contributed by atoms with E-state index in [9.17, 15) is 4.79 Å². The third-order valence-corrected chi connectivity index (χ3v) is 2.78. The van der Waals surface area contributed by atoms with Gasteiger partial charge in [0.1, 0.15) is 0 Å². The minimum Gasteiger partial charge on any atom is -0.449 e. The van der Waals surface area contributed by atoms with Crippen molar-refractivity contribution in [1.29, 1.82) is 0 Å². The Kier molecular flexibility index (Phi) is 3.32. The maximum Gasteiger partial charge on any atom is 0.318 e. The van der Waals surface area contributed by atoms with Crippen LogP contribution in [-0.4, -0.2) is 18.9 Å². The topological polar surface area (TPSA) is 59.6 Å². The second-order valence-corrected chi connectivity index (χ2v) is 4.45. The van der Waals surface area contributed by atoms with Crippen molar-refractivity contribution >= 4 is 11.7 Å². The van der Waals surface area contributed by atoms with Gasteiger partial charge in [-0.3, -0.25) is 0 Å². The molecule has 0 aliphatic carbocycles. The first-order valence-electron chi connectivity index (χ1n) is 6.07. The summed E-state index contributed by atoms with van der Waals surface area (Å²) in [5.74, 6) is 0.788. The zero-order valence-corrected chi connectivity index (χ0v) is 10.9. The van der Waals surface area contributed by atoms with Crippen molar-refractivity contribution in [2.24, 2.45) is 0 Å². The van der Waals surface area contributed by atoms with Crippen molar-refractivity contribution in [2.45, 2.75) is 32.5 Å². The lowest BCUT2D eigenvalue weighted by molar-refractivity contribution is -0.0683. The average Bonchev–Trinajstić information content (AvgIpc) is 2.64. The number of fused-ring (bicyclic) bond motifs is 1. The number of benzene rings is 1. The second-order valence-electron chi connectivity index (χ2n) is 4.45. The Labute approximate surface area is 106 Å². The Hall–Kier alpha value is -1.91. The Balaban J connectivity index is 2.14. The third-order valence-electron chi connectivity index (χ3n) is 2.78. The van der Waals surface area contributed by atoms with Gasteiger partial charge in [-0.1, -0.05) is 6.92 Å². The molecular weight excluding hydrogens is 232 g/mol. The van der Waals surface area contributed by atoms with Crippen molar-refractivity contribution in [2.75, 3.05) is 12.4 Å². The molecule has 1 unspecified atom stereocenters. The van der Waals surface area contributed by atoms with Gasteiger partial charge in [0.2, 0.25) is 5.79 Å². The van der Waals surface area contributed by atoms with E-state index in [4.69, 9.17) is 9.47 Å². The fourth-order valence-electron chi connectivity index (χ4n) is 1.99. The van der Waals surface area contributed by atoms with E-state index in [1.54, 1.807) is 19.2 Å². The number of ether oxygens (including phenoxy) is 2. The van der Waals surface area contributed by atoms with Gasteiger partial charge in [0.25, 0.3) is 0 Å². The van der Waals surface area contributed by atoms with Gasteiger partial charge < -0.3 is 20.1 Å². The summed E-state index contributed by atoms with van der Waals surface area (Å²) in [5.41, 5.74) is 0.678. The van der Waals surface area contributed by atoms with E-state index in [2.05, 4.69) is 17.6 Å². The van der Waals surface area contributed by atoms with Crippen LogP contribution in [0.4, 0.5) is 10.5 Å². The molecule has 1 atom stereocenters. The number of anilines is 1. The van der Waals surface area contributed by atoms with Crippen molar-refractivity contribution in [3.05, 3.63) is 18.2 Å². The highest BCUT2D eigenvalue weighted by atomic mass is 16.7. The fraction of sp³-hybridized carbons (Fsp3) is 0.462. The number of hydrogen-bond donors (Lipinski definition) is 2. The molecule has 1 aliphatic heterocycles. The molecule has 5 nitrogen and oxygen atoms in total. The summed E-state index contributed by atoms with van der Waals surface area (Å²) in [7, 11) is 1.57. The van der Waals surface area contributed by atoms with Crippen LogP contribution in [0, 0.1) is 0 Å². The van der Waals surface area contributed by atoms with Crippen molar-refractivity contribution < 1.29 is 14.3 Å². The zero-order valence-electron chi connectivity index (χ0n) is 10.9. The number of urea groups is 1. The van der Waals surface area contributed by atoms with E-state index in [0.29, 0.717) is 17.2 Å². The largest absolute Gasteiger partial charge is 0.449 e. The van der Waals surface area contributed by atoms with Gasteiger partial charge in [-0.15, -0.1) is 0 Å². The Morgan fingerprint density at radius 1 is 1.33 bits per heavy atom. The predicted molar refractivity (Wildman–Crippen MR) is 69.1 cm³/mol. The molecule has 0 spiro atoms. The SMILES string of the molecule is CCCC1(C)Oc2ccc(NC(=O)NC)cc2O1. The van der Waals surface area contributed by atoms with E-state index in [-0.39, 0.29) is 6.03 Å². The van der Waals surface area contributed by atoms with Crippen LogP contribution in [-0.2, 0) is 0 Å². The number of carbonyl (C=O) groups is 1. The molecule has 2 rings (SSSR count). The van der Waals surface area contributed by atoms with E-state index < -0.39 is 5.79 Å². The van der Waals surface area contributed by atoms with E-state index >= 15 is 0 Å². The van der Waals surface area contributed by atoms with Crippen molar-refractivity contribution in [3.63, 3.8) is 0 Å². The summed E-state index contributed by atoms with van der Waals surface area (Å²) in [4.78, 5) is 11.2. The van der Waals surface area contributed by atoms with Gasteiger partial charge in [0.05, 0.1) is 0 Å². The van der Waals surface area contributed by atoms with Crippen LogP contribution >= 0.6 is 0 Å². The summed E-state index contributed by atoms with van der Waals surface area (Å²) in [5, 5.41) is 5.19. The molecule has 1 aromatic carbocycles. The molecule has 0 saturated heterocycles.